The highest BCUT2D eigenvalue weighted by molar-refractivity contribution is 5.98. The Bertz CT molecular complexity index is 861. The van der Waals surface area contributed by atoms with Crippen LogP contribution in [0.3, 0.4) is 0 Å². The molecule has 3 heterocycles. The molecule has 0 unspecified atom stereocenters. The van der Waals surface area contributed by atoms with Gasteiger partial charge in [-0.3, -0.25) is 4.79 Å². The van der Waals surface area contributed by atoms with Crippen molar-refractivity contribution in [3.05, 3.63) is 52.6 Å². The van der Waals surface area contributed by atoms with Crippen LogP contribution in [-0.4, -0.2) is 25.3 Å². The molecule has 0 spiro atoms. The zero-order valence-electron chi connectivity index (χ0n) is 13.3. The van der Waals surface area contributed by atoms with E-state index in [4.69, 9.17) is 14.2 Å². The molecule has 0 radical (unpaired) electrons. The fourth-order valence-corrected chi connectivity index (χ4v) is 3.85. The first-order valence-corrected chi connectivity index (χ1v) is 8.24. The van der Waals surface area contributed by atoms with Gasteiger partial charge in [-0.25, -0.2) is 0 Å². The average molecular weight is 323 g/mol. The predicted molar refractivity (Wildman–Crippen MR) is 87.0 cm³/mol. The molecule has 5 nitrogen and oxygen atoms in total. The summed E-state index contributed by atoms with van der Waals surface area (Å²) >= 11 is 0. The van der Waals surface area contributed by atoms with Gasteiger partial charge in [-0.05, 0) is 29.7 Å². The quantitative estimate of drug-likeness (QED) is 0.876. The third kappa shape index (κ3) is 1.84. The van der Waals surface area contributed by atoms with Crippen LogP contribution in [0, 0.1) is 0 Å². The van der Waals surface area contributed by atoms with E-state index in [2.05, 4.69) is 18.3 Å². The van der Waals surface area contributed by atoms with Crippen LogP contribution in [-0.2, 0) is 6.42 Å². The molecule has 0 aliphatic carbocycles. The van der Waals surface area contributed by atoms with Crippen LogP contribution in [0.1, 0.15) is 39.9 Å². The van der Waals surface area contributed by atoms with Gasteiger partial charge >= 0.3 is 0 Å². The van der Waals surface area contributed by atoms with E-state index in [1.165, 1.54) is 5.56 Å². The SMILES string of the molecule is CCc1ccc2c(c1)[C@@H]1c3cc4c(cc3OC[C@H]1NC2=O)OCO4. The number of hydrogen-bond acceptors (Lipinski definition) is 4. The van der Waals surface area contributed by atoms with E-state index in [-0.39, 0.29) is 24.7 Å². The maximum absolute atomic E-state index is 12.4. The number of carbonyl (C=O) groups is 1. The molecule has 3 aliphatic rings. The molecule has 5 rings (SSSR count). The summed E-state index contributed by atoms with van der Waals surface area (Å²) in [5, 5.41) is 3.08. The second-order valence-electron chi connectivity index (χ2n) is 6.39. The lowest BCUT2D eigenvalue weighted by Gasteiger charge is -2.38. The van der Waals surface area contributed by atoms with E-state index in [0.717, 1.165) is 40.4 Å². The van der Waals surface area contributed by atoms with Gasteiger partial charge in [0.1, 0.15) is 12.4 Å². The van der Waals surface area contributed by atoms with Crippen molar-refractivity contribution in [1.29, 1.82) is 0 Å². The number of fused-ring (bicyclic) bond motifs is 6. The number of nitrogens with one attached hydrogen (secondary N) is 1. The molecule has 2 aromatic rings. The first-order chi connectivity index (χ1) is 11.7. The zero-order chi connectivity index (χ0) is 16.3. The number of ether oxygens (including phenoxy) is 3. The van der Waals surface area contributed by atoms with Gasteiger partial charge in [0.15, 0.2) is 11.5 Å². The summed E-state index contributed by atoms with van der Waals surface area (Å²) in [6, 6.07) is 9.94. The molecule has 2 atom stereocenters. The summed E-state index contributed by atoms with van der Waals surface area (Å²) in [5.74, 6) is 2.31. The summed E-state index contributed by atoms with van der Waals surface area (Å²) in [6.07, 6.45) is 0.941. The molecule has 5 heteroatoms. The molecule has 0 bridgehead atoms. The summed E-state index contributed by atoms with van der Waals surface area (Å²) in [6.45, 7) is 2.82. The van der Waals surface area contributed by atoms with E-state index >= 15 is 0 Å². The highest BCUT2D eigenvalue weighted by Crippen LogP contribution is 2.47. The molecule has 1 N–H and O–H groups in total. The van der Waals surface area contributed by atoms with Gasteiger partial charge in [-0.2, -0.15) is 0 Å². The Morgan fingerprint density at radius 3 is 2.71 bits per heavy atom. The van der Waals surface area contributed by atoms with Crippen molar-refractivity contribution >= 4 is 5.91 Å². The lowest BCUT2D eigenvalue weighted by atomic mass is 9.77. The van der Waals surface area contributed by atoms with Crippen LogP contribution in [0.15, 0.2) is 30.3 Å². The Labute approximate surface area is 139 Å². The monoisotopic (exact) mass is 323 g/mol. The van der Waals surface area contributed by atoms with Gasteiger partial charge in [0.25, 0.3) is 5.91 Å². The van der Waals surface area contributed by atoms with Crippen molar-refractivity contribution in [2.24, 2.45) is 0 Å². The fourth-order valence-electron chi connectivity index (χ4n) is 3.85. The molecule has 0 saturated carbocycles. The number of carbonyl (C=O) groups excluding carboxylic acids is 1. The summed E-state index contributed by atoms with van der Waals surface area (Å²) in [5.41, 5.74) is 4.10. The Hall–Kier alpha value is -2.69. The molecule has 24 heavy (non-hydrogen) atoms. The molecule has 0 saturated heterocycles. The van der Waals surface area contributed by atoms with Crippen molar-refractivity contribution in [1.82, 2.24) is 5.32 Å². The smallest absolute Gasteiger partial charge is 0.251 e. The van der Waals surface area contributed by atoms with Crippen LogP contribution < -0.4 is 19.5 Å². The minimum Gasteiger partial charge on any atom is -0.491 e. The van der Waals surface area contributed by atoms with Crippen LogP contribution in [0.25, 0.3) is 0 Å². The van der Waals surface area contributed by atoms with E-state index in [9.17, 15) is 4.79 Å². The number of rotatable bonds is 1. The van der Waals surface area contributed by atoms with Crippen molar-refractivity contribution in [3.8, 4) is 17.2 Å². The average Bonchev–Trinajstić information content (AvgIpc) is 3.06. The number of benzene rings is 2. The Morgan fingerprint density at radius 2 is 1.88 bits per heavy atom. The van der Waals surface area contributed by atoms with Crippen molar-refractivity contribution < 1.29 is 19.0 Å². The van der Waals surface area contributed by atoms with E-state index in [0.29, 0.717) is 6.61 Å². The summed E-state index contributed by atoms with van der Waals surface area (Å²) in [4.78, 5) is 12.4. The minimum absolute atomic E-state index is 0.0262. The van der Waals surface area contributed by atoms with Crippen LogP contribution in [0.4, 0.5) is 0 Å². The molecular weight excluding hydrogens is 306 g/mol. The first-order valence-electron chi connectivity index (χ1n) is 8.24. The summed E-state index contributed by atoms with van der Waals surface area (Å²) in [7, 11) is 0. The van der Waals surface area contributed by atoms with Gasteiger partial charge in [-0.1, -0.05) is 19.1 Å². The van der Waals surface area contributed by atoms with E-state index < -0.39 is 0 Å². The van der Waals surface area contributed by atoms with Gasteiger partial charge in [-0.15, -0.1) is 0 Å². The number of amides is 1. The van der Waals surface area contributed by atoms with Crippen molar-refractivity contribution in [2.75, 3.05) is 13.4 Å². The molecule has 2 aromatic carbocycles. The highest BCUT2D eigenvalue weighted by atomic mass is 16.7. The molecular formula is C19H17NO4. The maximum Gasteiger partial charge on any atom is 0.251 e. The van der Waals surface area contributed by atoms with Crippen LogP contribution in [0.5, 0.6) is 17.2 Å². The van der Waals surface area contributed by atoms with Crippen molar-refractivity contribution in [2.45, 2.75) is 25.3 Å². The topological polar surface area (TPSA) is 56.8 Å². The predicted octanol–water partition coefficient (Wildman–Crippen LogP) is 2.61. The highest BCUT2D eigenvalue weighted by Gasteiger charge is 2.40. The second kappa shape index (κ2) is 4.90. The third-order valence-corrected chi connectivity index (χ3v) is 5.08. The number of hydrogen-bond donors (Lipinski definition) is 1. The lowest BCUT2D eigenvalue weighted by Crippen LogP contribution is -2.50. The Morgan fingerprint density at radius 1 is 1.04 bits per heavy atom. The minimum atomic E-state index is -0.0648. The zero-order valence-corrected chi connectivity index (χ0v) is 13.3. The normalized spacial score (nSPS) is 22.8. The standard InChI is InChI=1S/C19H17NO4/c1-2-10-3-4-11-12(5-10)18-13-6-16-17(24-9-23-16)7-15(13)22-8-14(18)20-19(11)21/h3-7,14,18H,2,8-9H2,1H3,(H,20,21)/t14-,18-/m1/s1. The first kappa shape index (κ1) is 13.7. The van der Waals surface area contributed by atoms with Gasteiger partial charge in [0.2, 0.25) is 6.79 Å². The third-order valence-electron chi connectivity index (χ3n) is 5.08. The van der Waals surface area contributed by atoms with E-state index in [1.807, 2.05) is 24.3 Å². The molecule has 0 aromatic heterocycles. The van der Waals surface area contributed by atoms with Gasteiger partial charge in [0.05, 0.1) is 6.04 Å². The van der Waals surface area contributed by atoms with Crippen LogP contribution >= 0.6 is 0 Å². The van der Waals surface area contributed by atoms with Crippen LogP contribution in [0.2, 0.25) is 0 Å². The maximum atomic E-state index is 12.4. The largest absolute Gasteiger partial charge is 0.491 e. The molecule has 122 valence electrons. The molecule has 3 aliphatic heterocycles. The van der Waals surface area contributed by atoms with Crippen molar-refractivity contribution in [3.63, 3.8) is 0 Å². The lowest BCUT2D eigenvalue weighted by molar-refractivity contribution is 0.0887. The summed E-state index contributed by atoms with van der Waals surface area (Å²) < 4.78 is 16.9. The molecule has 1 amide bonds. The Kier molecular flexibility index (Phi) is 2.80. The molecule has 0 fully saturated rings. The van der Waals surface area contributed by atoms with E-state index in [1.54, 1.807) is 0 Å². The fraction of sp³-hybridized carbons (Fsp3) is 0.316. The Balaban J connectivity index is 1.71. The van der Waals surface area contributed by atoms with Gasteiger partial charge in [0, 0.05) is 23.1 Å². The van der Waals surface area contributed by atoms with Gasteiger partial charge < -0.3 is 19.5 Å². The second-order valence-corrected chi connectivity index (χ2v) is 6.39. The number of aryl methyl sites for hydroxylation is 1.